The van der Waals surface area contributed by atoms with Crippen LogP contribution >= 0.6 is 11.3 Å². The van der Waals surface area contributed by atoms with Crippen molar-refractivity contribution in [3.63, 3.8) is 0 Å². The fourth-order valence-corrected chi connectivity index (χ4v) is 15.9. The lowest BCUT2D eigenvalue weighted by molar-refractivity contribution is 0.467. The standard InChI is InChI=1S/C20H16N2.C15H13N.C14H13N5.C14H12N2.C13H13N.C12H12N2.C11H11NS.C11H11N.C8H10O.4CH4/c1-13-17-9-5-3-7-15(17)11-19(21-13)20-12-16-8-4-6-10-18(16)14(2)22-20;1-12-10-15(11-13(2)16-12)9-8-14-6-4-3-5-7-14;1-9-5-3-7-11(15-9)13-17-14(19-18-13)12-8-4-6-10(2)16-12;1-9-3-5-11-7-8-12-6-4-10(2)16-14(12)13(11)15-9;1-10-8-13(9-11(2)14-10)12-6-4-3-5-7-12;1-9-5-3-7-11(13-9)12-8-4-6-10(2)14-12;1-8-6-10(7-9(2)12-8)11-4-3-5-13-11;1-8-7-10-5-3-4-6-11(10)9(2)12-8;1-6-4-3-5-7(2)8(6)9;;;;/h3-12H,1-2H3;3-7,10-11H,1-2H3;3-8H,1-2H3,(H,17,18,19);3-8H,1-2H3;3-9H,1-2H3;3-8H,1-2H3;3-7H,1-2H3;3-7H,1-2H3;3-5,9H,1-2H3;4*1H4. The number of H-pyrrole nitrogens is 1. The first-order chi connectivity index (χ1) is 65.2. The number of hydrogen-bond donors (Lipinski definition) is 2. The lowest BCUT2D eigenvalue weighted by Gasteiger charge is -2.09. The highest BCUT2D eigenvalue weighted by molar-refractivity contribution is 7.13. The second-order valence-electron chi connectivity index (χ2n) is 33.1. The van der Waals surface area contributed by atoms with Gasteiger partial charge >= 0.3 is 0 Å². The van der Waals surface area contributed by atoms with Crippen LogP contribution in [0.5, 0.6) is 5.75 Å². The van der Waals surface area contributed by atoms with E-state index in [0.717, 1.165) is 169 Å². The highest BCUT2D eigenvalue weighted by atomic mass is 32.1. The summed E-state index contributed by atoms with van der Waals surface area (Å²) in [4.78, 5) is 59.5. The molecule has 0 aliphatic carbocycles. The Balaban J connectivity index is 0.000000176. The van der Waals surface area contributed by atoms with Gasteiger partial charge in [0.15, 0.2) is 11.6 Å². The molecule has 0 fully saturated rings. The Morgan fingerprint density at radius 1 is 0.237 bits per heavy atom. The maximum absolute atomic E-state index is 9.21. The predicted molar refractivity (Wildman–Crippen MR) is 586 cm³/mol. The minimum absolute atomic E-state index is 0. The van der Waals surface area contributed by atoms with Gasteiger partial charge in [0, 0.05) is 134 Å². The van der Waals surface area contributed by atoms with Crippen molar-refractivity contribution in [2.45, 2.75) is 154 Å². The first kappa shape index (κ1) is 107. The van der Waals surface area contributed by atoms with Gasteiger partial charge in [-0.1, -0.05) is 236 Å². The molecule has 7 aromatic carbocycles. The van der Waals surface area contributed by atoms with Gasteiger partial charge in [-0.2, -0.15) is 5.10 Å². The molecular weight excluding hydrogens is 1720 g/mol. The van der Waals surface area contributed by atoms with Crippen LogP contribution in [0.25, 0.3) is 122 Å². The Labute approximate surface area is 825 Å². The van der Waals surface area contributed by atoms with Crippen LogP contribution in [0.3, 0.4) is 0 Å². The highest BCUT2D eigenvalue weighted by Crippen LogP contribution is 2.31. The Kier molecular flexibility index (Phi) is 39.5. The number of aromatic nitrogens is 15. The molecule has 21 rings (SSSR count). The Morgan fingerprint density at radius 2 is 0.597 bits per heavy atom. The van der Waals surface area contributed by atoms with Crippen LogP contribution in [0, 0.1) is 136 Å². The number of phenolic OH excluding ortho intramolecular Hbond substituents is 1. The molecule has 0 aliphatic heterocycles. The monoisotopic (exact) mass is 1850 g/mol. The Hall–Kier alpha value is -16.2. The lowest BCUT2D eigenvalue weighted by atomic mass is 10.1. The van der Waals surface area contributed by atoms with Crippen LogP contribution in [-0.4, -0.2) is 80.1 Å². The van der Waals surface area contributed by atoms with Crippen LogP contribution in [0.1, 0.15) is 143 Å². The van der Waals surface area contributed by atoms with Gasteiger partial charge in [0.1, 0.15) is 17.1 Å². The summed E-state index contributed by atoms with van der Waals surface area (Å²) in [6.07, 6.45) is 0. The number of nitrogens with zero attached hydrogens (tertiary/aromatic N) is 14. The number of nitrogens with one attached hydrogen (secondary N) is 1. The second kappa shape index (κ2) is 51.5. The van der Waals surface area contributed by atoms with Crippen molar-refractivity contribution in [1.82, 2.24) is 75.0 Å². The van der Waals surface area contributed by atoms with E-state index in [4.69, 9.17) is 9.97 Å². The van der Waals surface area contributed by atoms with Crippen molar-refractivity contribution in [3.8, 4) is 85.0 Å². The number of pyridine rings is 12. The van der Waals surface area contributed by atoms with Crippen molar-refractivity contribution in [1.29, 1.82) is 0 Å². The molecule has 0 aliphatic rings. The number of benzene rings is 7. The lowest BCUT2D eigenvalue weighted by Crippen LogP contribution is -1.94. The molecule has 0 radical (unpaired) electrons. The quantitative estimate of drug-likeness (QED) is 0.117. The van der Waals surface area contributed by atoms with Crippen molar-refractivity contribution in [2.75, 3.05) is 0 Å². The van der Waals surface area contributed by atoms with E-state index in [-0.39, 0.29) is 29.7 Å². The summed E-state index contributed by atoms with van der Waals surface area (Å²) < 4.78 is 0. The molecule has 14 heterocycles. The molecule has 14 aromatic heterocycles. The molecule has 17 heteroatoms. The SMILES string of the molecule is C.C.C.C.Cc1cc(-c2ccccc2)cc(C)n1.Cc1cc(-c2cccs2)cc(C)n1.Cc1cc(C#Cc2ccccc2)cc(C)n1.Cc1cc2ccccc2c(C)n1.Cc1ccc2ccc3ccc(C)nc3c2n1.Cc1cccc(-c2cccc(C)n2)n1.Cc1cccc(-c2n[nH]c(-c3cccc(C)n3)n2)n1.Cc1cccc(C)c1O.Cc1nc(-c2cc3ccccc3c(C)n2)cc2ccccc12. The van der Waals surface area contributed by atoms with Crippen molar-refractivity contribution >= 4 is 65.5 Å². The van der Waals surface area contributed by atoms with E-state index in [1.54, 1.807) is 11.3 Å². The van der Waals surface area contributed by atoms with Crippen LogP contribution in [0.15, 0.2) is 333 Å². The molecule has 21 aromatic rings. The van der Waals surface area contributed by atoms with E-state index in [1.807, 2.05) is 262 Å². The van der Waals surface area contributed by atoms with Gasteiger partial charge in [0.25, 0.3) is 0 Å². The maximum Gasteiger partial charge on any atom is 0.200 e. The number of thiophene rings is 1. The van der Waals surface area contributed by atoms with Crippen LogP contribution in [-0.2, 0) is 0 Å². The van der Waals surface area contributed by atoms with Gasteiger partial charge in [-0.05, 0) is 307 Å². The molecule has 0 bridgehead atoms. The van der Waals surface area contributed by atoms with Gasteiger partial charge in [-0.25, -0.2) is 15.0 Å². The van der Waals surface area contributed by atoms with Gasteiger partial charge in [-0.3, -0.25) is 54.9 Å². The van der Waals surface area contributed by atoms with E-state index < -0.39 is 0 Å². The van der Waals surface area contributed by atoms with E-state index >= 15 is 0 Å². The normalized spacial score (nSPS) is 10.1. The topological polar surface area (TPSA) is 216 Å². The maximum atomic E-state index is 9.21. The molecule has 0 unspecified atom stereocenters. The fraction of sp³-hybridized carbons (Fsp3) is 0.180. The smallest absolute Gasteiger partial charge is 0.200 e. The summed E-state index contributed by atoms with van der Waals surface area (Å²) in [5.41, 5.74) is 31.6. The molecule has 139 heavy (non-hydrogen) atoms. The summed E-state index contributed by atoms with van der Waals surface area (Å²) >= 11 is 1.77. The number of rotatable bonds is 6. The Morgan fingerprint density at radius 3 is 1.04 bits per heavy atom. The zero-order valence-corrected chi connectivity index (χ0v) is 80.7. The summed E-state index contributed by atoms with van der Waals surface area (Å²) in [7, 11) is 0. The molecule has 0 atom stereocenters. The fourth-order valence-electron chi connectivity index (χ4n) is 15.1. The molecule has 0 spiro atoms. The molecule has 0 saturated heterocycles. The first-order valence-electron chi connectivity index (χ1n) is 44.8. The van der Waals surface area contributed by atoms with Crippen molar-refractivity contribution < 1.29 is 5.11 Å². The van der Waals surface area contributed by atoms with Crippen LogP contribution in [0.4, 0.5) is 0 Å². The number of phenols is 1. The van der Waals surface area contributed by atoms with Gasteiger partial charge in [-0.15, -0.1) is 11.3 Å². The Bertz CT molecular complexity index is 7370. The number of para-hydroxylation sites is 1. The predicted octanol–water partition coefficient (Wildman–Crippen LogP) is 31.1. The molecular formula is C122H127N15OS. The third-order valence-corrected chi connectivity index (χ3v) is 22.4. The summed E-state index contributed by atoms with van der Waals surface area (Å²) in [5, 5.41) is 28.0. The molecule has 2 N–H and O–H groups in total. The number of hydrogen-bond acceptors (Lipinski definition) is 16. The molecule has 0 amide bonds. The van der Waals surface area contributed by atoms with Crippen molar-refractivity contribution in [2.24, 2.45) is 0 Å². The summed E-state index contributed by atoms with van der Waals surface area (Å²) in [6.45, 7) is 35.9. The zero-order valence-electron chi connectivity index (χ0n) is 79.9. The van der Waals surface area contributed by atoms with Crippen LogP contribution in [0.2, 0.25) is 0 Å². The average molecular weight is 1850 g/mol. The summed E-state index contributed by atoms with van der Waals surface area (Å²) in [5.74, 6) is 7.94. The third kappa shape index (κ3) is 30.7. The highest BCUT2D eigenvalue weighted by Gasteiger charge is 2.14. The minimum atomic E-state index is 0. The van der Waals surface area contributed by atoms with Crippen LogP contribution < -0.4 is 0 Å². The number of aromatic amines is 1. The van der Waals surface area contributed by atoms with E-state index in [9.17, 15) is 5.11 Å². The second-order valence-corrected chi connectivity index (χ2v) is 34.0. The molecule has 16 nitrogen and oxygen atoms in total. The van der Waals surface area contributed by atoms with Crippen molar-refractivity contribution in [3.05, 3.63) is 446 Å². The van der Waals surface area contributed by atoms with E-state index in [1.165, 1.54) is 53.9 Å². The van der Waals surface area contributed by atoms with Gasteiger partial charge < -0.3 is 5.11 Å². The van der Waals surface area contributed by atoms with Gasteiger partial charge in [0.2, 0.25) is 0 Å². The molecule has 702 valence electrons. The molecule has 0 saturated carbocycles. The number of aryl methyl sites for hydroxylation is 18. The zero-order chi connectivity index (χ0) is 95.4. The third-order valence-electron chi connectivity index (χ3n) is 21.5. The van der Waals surface area contributed by atoms with Gasteiger partial charge in [0.05, 0.1) is 33.8 Å². The average Bonchev–Trinajstić information content (AvgIpc) is 1.22. The van der Waals surface area contributed by atoms with E-state index in [0.29, 0.717) is 17.4 Å². The van der Waals surface area contributed by atoms with E-state index in [2.05, 4.69) is 273 Å². The first-order valence-corrected chi connectivity index (χ1v) is 45.7. The minimum Gasteiger partial charge on any atom is -0.507 e. The summed E-state index contributed by atoms with van der Waals surface area (Å²) in [6, 6.07) is 110. The number of aromatic hydroxyl groups is 1. The number of fused-ring (bicyclic) bond motifs is 6. The largest absolute Gasteiger partial charge is 0.507 e.